The van der Waals surface area contributed by atoms with Crippen LogP contribution in [0.3, 0.4) is 0 Å². The first-order valence-electron chi connectivity index (χ1n) is 7.26. The molecule has 0 aliphatic carbocycles. The van der Waals surface area contributed by atoms with Crippen LogP contribution >= 0.6 is 0 Å². The van der Waals surface area contributed by atoms with Crippen LogP contribution in [-0.4, -0.2) is 27.9 Å². The van der Waals surface area contributed by atoms with Gasteiger partial charge in [-0.25, -0.2) is 0 Å². The third kappa shape index (κ3) is 2.86. The number of aromatic nitrogens is 2. The first-order valence-corrected chi connectivity index (χ1v) is 7.26. The Kier molecular flexibility index (Phi) is 3.66. The van der Waals surface area contributed by atoms with Crippen molar-refractivity contribution in [3.05, 3.63) is 41.6 Å². The average molecular weight is 297 g/mol. The number of hydrazone groups is 1. The van der Waals surface area contributed by atoms with Gasteiger partial charge in [0.1, 0.15) is 5.82 Å². The molecule has 1 aliphatic heterocycles. The maximum atomic E-state index is 12.3. The lowest BCUT2D eigenvalue weighted by Gasteiger charge is -2.14. The molecule has 6 heteroatoms. The lowest BCUT2D eigenvalue weighted by molar-refractivity contribution is 0.102. The Morgan fingerprint density at radius 1 is 1.23 bits per heavy atom. The number of hydrogen-bond acceptors (Lipinski definition) is 4. The smallest absolute Gasteiger partial charge is 0.256 e. The molecule has 1 aliphatic rings. The fraction of sp³-hybridized carbons (Fsp3) is 0.312. The molecule has 2 aromatic rings. The molecule has 0 atom stereocenters. The highest BCUT2D eigenvalue weighted by Crippen LogP contribution is 2.20. The predicted molar refractivity (Wildman–Crippen MR) is 87.4 cm³/mol. The fourth-order valence-corrected chi connectivity index (χ4v) is 2.46. The third-order valence-electron chi connectivity index (χ3n) is 3.65. The lowest BCUT2D eigenvalue weighted by Crippen LogP contribution is -2.15. The Bertz CT molecular complexity index is 729. The van der Waals surface area contributed by atoms with Crippen molar-refractivity contribution in [1.29, 1.82) is 0 Å². The van der Waals surface area contributed by atoms with E-state index < -0.39 is 0 Å². The minimum Gasteiger partial charge on any atom is -0.307 e. The summed E-state index contributed by atoms with van der Waals surface area (Å²) in [5.74, 6) is 0.544. The molecule has 0 saturated carbocycles. The first-order chi connectivity index (χ1) is 10.5. The molecule has 3 rings (SSSR count). The summed E-state index contributed by atoms with van der Waals surface area (Å²) in [6, 6.07) is 9.32. The van der Waals surface area contributed by atoms with Crippen LogP contribution < -0.4 is 10.3 Å². The number of nitrogens with one attached hydrogen (secondary N) is 1. The maximum absolute atomic E-state index is 12.3. The molecule has 1 aromatic heterocycles. The quantitative estimate of drug-likeness (QED) is 0.947. The van der Waals surface area contributed by atoms with E-state index in [1.54, 1.807) is 11.7 Å². The van der Waals surface area contributed by atoms with Crippen LogP contribution in [0.1, 0.15) is 29.4 Å². The lowest BCUT2D eigenvalue weighted by atomic mass is 10.2. The van der Waals surface area contributed by atoms with E-state index in [2.05, 4.69) is 15.5 Å². The van der Waals surface area contributed by atoms with Crippen molar-refractivity contribution in [3.8, 4) is 0 Å². The van der Waals surface area contributed by atoms with Gasteiger partial charge in [-0.1, -0.05) is 0 Å². The molecule has 0 spiro atoms. The summed E-state index contributed by atoms with van der Waals surface area (Å²) in [6.45, 7) is 4.81. The molecule has 1 N–H and O–H groups in total. The molecule has 0 bridgehead atoms. The normalized spacial score (nSPS) is 14.1. The summed E-state index contributed by atoms with van der Waals surface area (Å²) in [4.78, 5) is 12.3. The Morgan fingerprint density at radius 2 is 1.95 bits per heavy atom. The number of anilines is 2. The zero-order valence-electron chi connectivity index (χ0n) is 13.0. The zero-order valence-corrected chi connectivity index (χ0v) is 13.0. The molecular weight excluding hydrogens is 278 g/mol. The van der Waals surface area contributed by atoms with Gasteiger partial charge in [-0.3, -0.25) is 14.5 Å². The van der Waals surface area contributed by atoms with Crippen LogP contribution in [0.4, 0.5) is 11.5 Å². The van der Waals surface area contributed by atoms with Crippen molar-refractivity contribution in [1.82, 2.24) is 9.78 Å². The third-order valence-corrected chi connectivity index (χ3v) is 3.65. The molecular formula is C16H19N5O. The minimum absolute atomic E-state index is 0.143. The molecule has 0 fully saturated rings. The molecule has 2 heterocycles. The topological polar surface area (TPSA) is 62.5 Å². The van der Waals surface area contributed by atoms with Gasteiger partial charge in [0.05, 0.1) is 11.4 Å². The number of carbonyl (C=O) groups is 1. The molecule has 6 nitrogen and oxygen atoms in total. The predicted octanol–water partition coefficient (Wildman–Crippen LogP) is 2.57. The van der Waals surface area contributed by atoms with E-state index in [4.69, 9.17) is 0 Å². The zero-order chi connectivity index (χ0) is 15.7. The van der Waals surface area contributed by atoms with E-state index in [0.29, 0.717) is 11.4 Å². The summed E-state index contributed by atoms with van der Waals surface area (Å²) >= 11 is 0. The average Bonchev–Trinajstić information content (AvgIpc) is 3.05. The van der Waals surface area contributed by atoms with Crippen molar-refractivity contribution < 1.29 is 4.79 Å². The fourth-order valence-electron chi connectivity index (χ4n) is 2.46. The molecule has 1 aromatic carbocycles. The summed E-state index contributed by atoms with van der Waals surface area (Å²) in [7, 11) is 1.80. The summed E-state index contributed by atoms with van der Waals surface area (Å²) in [6.07, 6.45) is 0.988. The molecule has 22 heavy (non-hydrogen) atoms. The molecule has 0 unspecified atom stereocenters. The SMILES string of the molecule is CC1=NN(c2ccc(C(=O)Nc3cc(C)nn3C)cc2)CC1. The summed E-state index contributed by atoms with van der Waals surface area (Å²) in [5, 5.41) is 13.5. The highest BCUT2D eigenvalue weighted by molar-refractivity contribution is 6.04. The van der Waals surface area contributed by atoms with Crippen LogP contribution in [0.2, 0.25) is 0 Å². The molecule has 1 amide bonds. The number of hydrogen-bond donors (Lipinski definition) is 1. The van der Waals surface area contributed by atoms with Gasteiger partial charge >= 0.3 is 0 Å². The second-order valence-electron chi connectivity index (χ2n) is 5.50. The summed E-state index contributed by atoms with van der Waals surface area (Å²) < 4.78 is 1.66. The number of aryl methyl sites for hydroxylation is 2. The summed E-state index contributed by atoms with van der Waals surface area (Å²) in [5.41, 5.74) is 3.62. The van der Waals surface area contributed by atoms with Crippen LogP contribution in [0.5, 0.6) is 0 Å². The van der Waals surface area contributed by atoms with Crippen molar-refractivity contribution in [2.45, 2.75) is 20.3 Å². The standard InChI is InChI=1S/C16H19N5O/c1-11-8-9-21(19-11)14-6-4-13(5-7-14)16(22)17-15-10-12(2)18-20(15)3/h4-7,10H,8-9H2,1-3H3,(H,17,22). The van der Waals surface area contributed by atoms with Gasteiger partial charge in [0, 0.05) is 37.4 Å². The van der Waals surface area contributed by atoms with Crippen LogP contribution in [0, 0.1) is 6.92 Å². The Hall–Kier alpha value is -2.63. The number of amides is 1. The largest absolute Gasteiger partial charge is 0.307 e. The van der Waals surface area contributed by atoms with Gasteiger partial charge in [0.25, 0.3) is 5.91 Å². The van der Waals surface area contributed by atoms with E-state index >= 15 is 0 Å². The minimum atomic E-state index is -0.143. The van der Waals surface area contributed by atoms with Crippen molar-refractivity contribution >= 4 is 23.1 Å². The van der Waals surface area contributed by atoms with Gasteiger partial charge in [-0.2, -0.15) is 10.2 Å². The number of carbonyl (C=O) groups excluding carboxylic acids is 1. The van der Waals surface area contributed by atoms with Gasteiger partial charge < -0.3 is 5.32 Å². The molecule has 114 valence electrons. The second-order valence-corrected chi connectivity index (χ2v) is 5.50. The second kappa shape index (κ2) is 5.63. The van der Waals surface area contributed by atoms with E-state index in [1.807, 2.05) is 49.2 Å². The number of rotatable bonds is 3. The van der Waals surface area contributed by atoms with Crippen LogP contribution in [0.15, 0.2) is 35.4 Å². The Labute approximate surface area is 129 Å². The first kappa shape index (κ1) is 14.3. The highest BCUT2D eigenvalue weighted by atomic mass is 16.1. The Balaban J connectivity index is 1.72. The number of benzene rings is 1. The van der Waals surface area contributed by atoms with E-state index in [-0.39, 0.29) is 5.91 Å². The Morgan fingerprint density at radius 3 is 2.50 bits per heavy atom. The van der Waals surface area contributed by atoms with Gasteiger partial charge in [-0.05, 0) is 38.1 Å². The van der Waals surface area contributed by atoms with Gasteiger partial charge in [-0.15, -0.1) is 0 Å². The van der Waals surface area contributed by atoms with Gasteiger partial charge in [0.2, 0.25) is 0 Å². The molecule has 0 radical (unpaired) electrons. The van der Waals surface area contributed by atoms with Crippen molar-refractivity contribution in [3.63, 3.8) is 0 Å². The van der Waals surface area contributed by atoms with Crippen molar-refractivity contribution in [2.75, 3.05) is 16.9 Å². The van der Waals surface area contributed by atoms with Crippen LogP contribution in [-0.2, 0) is 7.05 Å². The van der Waals surface area contributed by atoms with Crippen molar-refractivity contribution in [2.24, 2.45) is 12.1 Å². The van der Waals surface area contributed by atoms with Gasteiger partial charge in [0.15, 0.2) is 0 Å². The van der Waals surface area contributed by atoms with E-state index in [9.17, 15) is 4.79 Å². The number of nitrogens with zero attached hydrogens (tertiary/aromatic N) is 4. The monoisotopic (exact) mass is 297 g/mol. The van der Waals surface area contributed by atoms with Crippen LogP contribution in [0.25, 0.3) is 0 Å². The van der Waals surface area contributed by atoms with E-state index in [1.165, 1.54) is 0 Å². The highest BCUT2D eigenvalue weighted by Gasteiger charge is 2.14. The maximum Gasteiger partial charge on any atom is 0.256 e. The molecule has 0 saturated heterocycles. The van der Waals surface area contributed by atoms with E-state index in [0.717, 1.165) is 30.1 Å².